The number of carbonyl (C=O) groups excluding carboxylic acids is 1. The van der Waals surface area contributed by atoms with Crippen LogP contribution in [0.3, 0.4) is 0 Å². The van der Waals surface area contributed by atoms with Gasteiger partial charge in [0.25, 0.3) is 0 Å². The van der Waals surface area contributed by atoms with Crippen LogP contribution in [0.4, 0.5) is 11.4 Å². The van der Waals surface area contributed by atoms with Crippen LogP contribution in [0.15, 0.2) is 77.8 Å². The minimum absolute atomic E-state index is 0.118. The molecule has 2 aliphatic rings. The van der Waals surface area contributed by atoms with Gasteiger partial charge in [0.1, 0.15) is 11.5 Å². The van der Waals surface area contributed by atoms with Gasteiger partial charge in [-0.2, -0.15) is 0 Å². The quantitative estimate of drug-likeness (QED) is 0.576. The van der Waals surface area contributed by atoms with Crippen LogP contribution in [-0.4, -0.2) is 18.6 Å². The lowest BCUT2D eigenvalue weighted by atomic mass is 9.72. The molecule has 0 unspecified atom stereocenters. The van der Waals surface area contributed by atoms with E-state index in [9.17, 15) is 4.79 Å². The van der Waals surface area contributed by atoms with Crippen molar-refractivity contribution in [2.45, 2.75) is 31.7 Å². The molecule has 1 N–H and O–H groups in total. The van der Waals surface area contributed by atoms with Gasteiger partial charge in [-0.3, -0.25) is 9.79 Å². The third-order valence-corrected chi connectivity index (χ3v) is 6.45. The maximum atomic E-state index is 13.5. The summed E-state index contributed by atoms with van der Waals surface area (Å²) in [6, 6.07) is 24.5. The highest BCUT2D eigenvalue weighted by molar-refractivity contribution is 6.10. The number of ether oxygens (including phenoxy) is 1. The number of anilines is 1. The van der Waals surface area contributed by atoms with Crippen LogP contribution in [0.1, 0.15) is 41.5 Å². The molecule has 0 amide bonds. The van der Waals surface area contributed by atoms with E-state index >= 15 is 0 Å². The summed E-state index contributed by atoms with van der Waals surface area (Å²) in [5.41, 5.74) is 6.34. The van der Waals surface area contributed by atoms with E-state index < -0.39 is 0 Å². The molecule has 0 bridgehead atoms. The zero-order valence-electron chi connectivity index (χ0n) is 17.8. The van der Waals surface area contributed by atoms with Gasteiger partial charge in [0, 0.05) is 12.1 Å². The molecule has 3 aromatic carbocycles. The molecule has 3 atom stereocenters. The number of carbonyl (C=O) groups is 1. The van der Waals surface area contributed by atoms with Gasteiger partial charge in [-0.25, -0.2) is 0 Å². The Hall–Kier alpha value is -3.40. The zero-order valence-corrected chi connectivity index (χ0v) is 17.8. The van der Waals surface area contributed by atoms with Crippen molar-refractivity contribution in [2.24, 2.45) is 10.9 Å². The Bertz CT molecular complexity index is 1130. The van der Waals surface area contributed by atoms with E-state index in [1.165, 1.54) is 5.56 Å². The molecule has 1 aliphatic carbocycles. The van der Waals surface area contributed by atoms with Gasteiger partial charge in [0.15, 0.2) is 0 Å². The summed E-state index contributed by atoms with van der Waals surface area (Å²) >= 11 is 0. The number of Topliss-reactive ketones (excluding diaryl/α,β-unsaturated/α-hetero) is 1. The van der Waals surface area contributed by atoms with Crippen molar-refractivity contribution in [3.05, 3.63) is 89.5 Å². The molecule has 3 aromatic rings. The van der Waals surface area contributed by atoms with Crippen molar-refractivity contribution in [3.63, 3.8) is 0 Å². The monoisotopic (exact) mass is 410 g/mol. The lowest BCUT2D eigenvalue weighted by Gasteiger charge is -2.34. The maximum absolute atomic E-state index is 13.5. The number of para-hydroxylation sites is 2. The van der Waals surface area contributed by atoms with E-state index in [1.54, 1.807) is 7.11 Å². The minimum atomic E-state index is -0.260. The van der Waals surface area contributed by atoms with E-state index in [0.29, 0.717) is 6.42 Å². The number of benzene rings is 3. The molecule has 4 nitrogen and oxygen atoms in total. The SMILES string of the molecule is COc1ccc([C@@H]2CC(=O)[C@@H]3C(=Nc4ccccc4N[C@@H]3c3ccc(C)cc3)C2)cc1. The Balaban J connectivity index is 1.55. The van der Waals surface area contributed by atoms with Gasteiger partial charge in [-0.1, -0.05) is 54.1 Å². The molecule has 0 saturated heterocycles. The molecule has 31 heavy (non-hydrogen) atoms. The Kier molecular flexibility index (Phi) is 5.06. The lowest BCUT2D eigenvalue weighted by molar-refractivity contribution is -0.122. The third kappa shape index (κ3) is 3.74. The van der Waals surface area contributed by atoms with Gasteiger partial charge in [0.2, 0.25) is 0 Å². The standard InChI is InChI=1S/C27H26N2O2/c1-17-7-9-19(10-8-17)27-26-24(28-22-5-3-4-6-23(22)29-27)15-20(16-25(26)30)18-11-13-21(31-2)14-12-18/h3-14,20,26-27,29H,15-16H2,1-2H3/t20-,26-,27+/m0/s1. The van der Waals surface area contributed by atoms with Crippen molar-refractivity contribution < 1.29 is 9.53 Å². The number of hydrogen-bond acceptors (Lipinski definition) is 4. The van der Waals surface area contributed by atoms with Crippen molar-refractivity contribution in [1.82, 2.24) is 0 Å². The normalized spacial score (nSPS) is 22.5. The molecule has 1 fully saturated rings. The number of hydrogen-bond donors (Lipinski definition) is 1. The number of nitrogens with zero attached hydrogens (tertiary/aromatic N) is 1. The van der Waals surface area contributed by atoms with Crippen molar-refractivity contribution in [3.8, 4) is 5.75 Å². The molecular weight excluding hydrogens is 384 g/mol. The van der Waals surface area contributed by atoms with Crippen LogP contribution >= 0.6 is 0 Å². The Morgan fingerprint density at radius 1 is 0.903 bits per heavy atom. The summed E-state index contributed by atoms with van der Waals surface area (Å²) in [6.45, 7) is 2.08. The Labute approximate surface area is 183 Å². The van der Waals surface area contributed by atoms with Crippen LogP contribution in [0.2, 0.25) is 0 Å². The van der Waals surface area contributed by atoms with E-state index in [1.807, 2.05) is 36.4 Å². The molecule has 1 heterocycles. The van der Waals surface area contributed by atoms with Gasteiger partial charge >= 0.3 is 0 Å². The van der Waals surface area contributed by atoms with Crippen LogP contribution in [0.5, 0.6) is 5.75 Å². The van der Waals surface area contributed by atoms with Gasteiger partial charge in [0.05, 0.1) is 30.4 Å². The topological polar surface area (TPSA) is 50.7 Å². The van der Waals surface area contributed by atoms with E-state index in [-0.39, 0.29) is 23.7 Å². The van der Waals surface area contributed by atoms with Crippen molar-refractivity contribution in [2.75, 3.05) is 12.4 Å². The number of nitrogens with one attached hydrogen (secondary N) is 1. The van der Waals surface area contributed by atoms with Gasteiger partial charge in [-0.15, -0.1) is 0 Å². The van der Waals surface area contributed by atoms with Crippen molar-refractivity contribution >= 4 is 22.9 Å². The second-order valence-corrected chi connectivity index (χ2v) is 8.48. The first-order chi connectivity index (χ1) is 15.1. The highest BCUT2D eigenvalue weighted by Gasteiger charge is 2.41. The fourth-order valence-corrected chi connectivity index (χ4v) is 4.76. The highest BCUT2D eigenvalue weighted by atomic mass is 16.5. The smallest absolute Gasteiger partial charge is 0.144 e. The molecule has 1 saturated carbocycles. The molecule has 5 rings (SSSR count). The second kappa shape index (κ2) is 8.03. The van der Waals surface area contributed by atoms with Crippen LogP contribution in [0.25, 0.3) is 0 Å². The molecule has 156 valence electrons. The first kappa shape index (κ1) is 19.6. The molecule has 0 radical (unpaired) electrons. The molecule has 0 spiro atoms. The summed E-state index contributed by atoms with van der Waals surface area (Å²) in [7, 11) is 1.67. The zero-order chi connectivity index (χ0) is 21.4. The fourth-order valence-electron chi connectivity index (χ4n) is 4.76. The molecule has 4 heteroatoms. The van der Waals surface area contributed by atoms with Crippen LogP contribution in [-0.2, 0) is 4.79 Å². The summed E-state index contributed by atoms with van der Waals surface area (Å²) in [6.07, 6.45) is 1.30. The van der Waals surface area contributed by atoms with E-state index in [2.05, 4.69) is 48.6 Å². The van der Waals surface area contributed by atoms with Crippen molar-refractivity contribution in [1.29, 1.82) is 0 Å². The number of ketones is 1. The number of fused-ring (bicyclic) bond motifs is 2. The van der Waals surface area contributed by atoms with Gasteiger partial charge in [-0.05, 0) is 54.7 Å². The number of methoxy groups -OCH3 is 1. The first-order valence-corrected chi connectivity index (χ1v) is 10.8. The maximum Gasteiger partial charge on any atom is 0.144 e. The lowest BCUT2D eigenvalue weighted by Crippen LogP contribution is -2.38. The third-order valence-electron chi connectivity index (χ3n) is 6.45. The minimum Gasteiger partial charge on any atom is -0.497 e. The fraction of sp³-hybridized carbons (Fsp3) is 0.259. The predicted octanol–water partition coefficient (Wildman–Crippen LogP) is 6.01. The number of rotatable bonds is 3. The van der Waals surface area contributed by atoms with Gasteiger partial charge < -0.3 is 10.1 Å². The van der Waals surface area contributed by atoms with E-state index in [0.717, 1.165) is 40.4 Å². The summed E-state index contributed by atoms with van der Waals surface area (Å²) < 4.78 is 5.29. The Morgan fingerprint density at radius 3 is 2.35 bits per heavy atom. The number of aliphatic imine (C=N–C) groups is 1. The average Bonchev–Trinajstić information content (AvgIpc) is 2.96. The molecule has 1 aliphatic heterocycles. The van der Waals surface area contributed by atoms with E-state index in [4.69, 9.17) is 9.73 Å². The predicted molar refractivity (Wildman–Crippen MR) is 125 cm³/mol. The second-order valence-electron chi connectivity index (χ2n) is 8.48. The Morgan fingerprint density at radius 2 is 1.61 bits per heavy atom. The largest absolute Gasteiger partial charge is 0.497 e. The van der Waals surface area contributed by atoms with Crippen LogP contribution in [0, 0.1) is 12.8 Å². The summed E-state index contributed by atoms with van der Waals surface area (Å²) in [5, 5.41) is 3.64. The summed E-state index contributed by atoms with van der Waals surface area (Å²) in [4.78, 5) is 18.6. The highest BCUT2D eigenvalue weighted by Crippen LogP contribution is 2.44. The number of aryl methyl sites for hydroxylation is 1. The average molecular weight is 411 g/mol. The molecule has 0 aromatic heterocycles. The van der Waals surface area contributed by atoms with Crippen LogP contribution < -0.4 is 10.1 Å². The summed E-state index contributed by atoms with van der Waals surface area (Å²) in [5.74, 6) is 0.951. The molecular formula is C27H26N2O2. The first-order valence-electron chi connectivity index (χ1n) is 10.8.